The number of carbonyl (C=O) groups is 1. The van der Waals surface area contributed by atoms with Gasteiger partial charge in [-0.2, -0.15) is 0 Å². The molecule has 0 aliphatic carbocycles. The van der Waals surface area contributed by atoms with Crippen molar-refractivity contribution in [2.45, 2.75) is 13.2 Å². The zero-order valence-corrected chi connectivity index (χ0v) is 25.3. The molecule has 0 N–H and O–H groups in total. The molecular formula is C36H30F2N6O3. The van der Waals surface area contributed by atoms with Gasteiger partial charge in [0.15, 0.2) is 0 Å². The summed E-state index contributed by atoms with van der Waals surface area (Å²) in [7, 11) is 0. The van der Waals surface area contributed by atoms with Gasteiger partial charge in [0, 0.05) is 55.3 Å². The number of carbonyl (C=O) groups excluding carboxylic acids is 1. The SMILES string of the molecule is O=C(OCc1ccccc1)c1cn(-c2ccc(Cn3ccnn3)cc2)c2cc(N3CCN(c4ccc(F)cc4)CC3)c(F)cc2c1=O. The van der Waals surface area contributed by atoms with Crippen LogP contribution in [0, 0.1) is 11.6 Å². The molecule has 6 aromatic rings. The summed E-state index contributed by atoms with van der Waals surface area (Å²) in [5, 5.41) is 7.93. The number of fused-ring (bicyclic) bond motifs is 1. The second-order valence-electron chi connectivity index (χ2n) is 11.3. The normalized spacial score (nSPS) is 13.2. The van der Waals surface area contributed by atoms with E-state index in [0.29, 0.717) is 49.6 Å². The van der Waals surface area contributed by atoms with E-state index < -0.39 is 17.2 Å². The molecule has 0 bridgehead atoms. The predicted molar refractivity (Wildman–Crippen MR) is 175 cm³/mol. The van der Waals surface area contributed by atoms with Crippen molar-refractivity contribution in [1.82, 2.24) is 19.6 Å². The highest BCUT2D eigenvalue weighted by molar-refractivity contribution is 5.95. The number of esters is 1. The first-order chi connectivity index (χ1) is 22.9. The Hall–Kier alpha value is -5.84. The fourth-order valence-electron chi connectivity index (χ4n) is 5.86. The molecule has 0 saturated carbocycles. The number of ether oxygens (including phenoxy) is 1. The average Bonchev–Trinajstić information content (AvgIpc) is 3.62. The molecule has 4 aromatic carbocycles. The lowest BCUT2D eigenvalue weighted by Crippen LogP contribution is -2.46. The third kappa shape index (κ3) is 6.32. The Balaban J connectivity index is 1.24. The molecule has 0 spiro atoms. The van der Waals surface area contributed by atoms with Crippen LogP contribution in [0.2, 0.25) is 0 Å². The van der Waals surface area contributed by atoms with Crippen LogP contribution in [0.5, 0.6) is 0 Å². The Morgan fingerprint density at radius 2 is 1.51 bits per heavy atom. The molecule has 9 nitrogen and oxygen atoms in total. The van der Waals surface area contributed by atoms with E-state index in [1.54, 1.807) is 39.8 Å². The number of pyridine rings is 1. The van der Waals surface area contributed by atoms with Gasteiger partial charge >= 0.3 is 5.97 Å². The second-order valence-corrected chi connectivity index (χ2v) is 11.3. The largest absolute Gasteiger partial charge is 0.457 e. The summed E-state index contributed by atoms with van der Waals surface area (Å²) in [5.74, 6) is -1.65. The Morgan fingerprint density at radius 3 is 2.21 bits per heavy atom. The highest BCUT2D eigenvalue weighted by atomic mass is 19.1. The van der Waals surface area contributed by atoms with Gasteiger partial charge in [-0.15, -0.1) is 5.10 Å². The van der Waals surface area contributed by atoms with E-state index in [2.05, 4.69) is 15.2 Å². The minimum absolute atomic E-state index is 0.00860. The van der Waals surface area contributed by atoms with Gasteiger partial charge in [0.2, 0.25) is 5.43 Å². The zero-order chi connectivity index (χ0) is 32.3. The number of benzene rings is 4. The average molecular weight is 633 g/mol. The van der Waals surface area contributed by atoms with E-state index >= 15 is 4.39 Å². The molecule has 0 radical (unpaired) electrons. The lowest BCUT2D eigenvalue weighted by Gasteiger charge is -2.37. The molecule has 1 aliphatic rings. The first-order valence-electron chi connectivity index (χ1n) is 15.2. The van der Waals surface area contributed by atoms with E-state index in [9.17, 15) is 14.0 Å². The Morgan fingerprint density at radius 1 is 0.809 bits per heavy atom. The van der Waals surface area contributed by atoms with Gasteiger partial charge in [0.1, 0.15) is 23.8 Å². The first kappa shape index (κ1) is 29.8. The number of anilines is 2. The molecule has 0 amide bonds. The van der Waals surface area contributed by atoms with Crippen LogP contribution in [0.4, 0.5) is 20.2 Å². The Kier molecular flexibility index (Phi) is 8.18. The summed E-state index contributed by atoms with van der Waals surface area (Å²) in [6.07, 6.45) is 4.85. The highest BCUT2D eigenvalue weighted by Crippen LogP contribution is 2.29. The van der Waals surface area contributed by atoms with Crippen LogP contribution in [-0.2, 0) is 17.9 Å². The van der Waals surface area contributed by atoms with Crippen molar-refractivity contribution >= 4 is 28.2 Å². The molecule has 47 heavy (non-hydrogen) atoms. The Labute approximate surface area is 268 Å². The van der Waals surface area contributed by atoms with Crippen molar-refractivity contribution < 1.29 is 18.3 Å². The van der Waals surface area contributed by atoms with Crippen LogP contribution >= 0.6 is 0 Å². The number of hydrogen-bond donors (Lipinski definition) is 0. The molecule has 3 heterocycles. The summed E-state index contributed by atoms with van der Waals surface area (Å²) in [4.78, 5) is 31.1. The van der Waals surface area contributed by atoms with Crippen LogP contribution in [0.25, 0.3) is 16.6 Å². The fraction of sp³-hybridized carbons (Fsp3) is 0.167. The molecule has 2 aromatic heterocycles. The van der Waals surface area contributed by atoms with Crippen molar-refractivity contribution in [3.05, 3.63) is 148 Å². The minimum Gasteiger partial charge on any atom is -0.457 e. The van der Waals surface area contributed by atoms with Crippen molar-refractivity contribution in [2.24, 2.45) is 0 Å². The molecule has 11 heteroatoms. The minimum atomic E-state index is -0.793. The van der Waals surface area contributed by atoms with Gasteiger partial charge in [0.05, 0.1) is 23.9 Å². The zero-order valence-electron chi connectivity index (χ0n) is 25.3. The van der Waals surface area contributed by atoms with E-state index in [1.165, 1.54) is 24.4 Å². The lowest BCUT2D eigenvalue weighted by atomic mass is 10.1. The molecule has 0 unspecified atom stereocenters. The number of hydrogen-bond acceptors (Lipinski definition) is 7. The third-order valence-electron chi connectivity index (χ3n) is 8.35. The molecule has 1 fully saturated rings. The number of rotatable bonds is 8. The number of nitrogens with zero attached hydrogens (tertiary/aromatic N) is 6. The summed E-state index contributed by atoms with van der Waals surface area (Å²) in [5.41, 5.74) is 3.33. The number of aromatic nitrogens is 4. The fourth-order valence-corrected chi connectivity index (χ4v) is 5.86. The van der Waals surface area contributed by atoms with Crippen LogP contribution in [0.3, 0.4) is 0 Å². The van der Waals surface area contributed by atoms with E-state index in [0.717, 1.165) is 16.8 Å². The van der Waals surface area contributed by atoms with Crippen molar-refractivity contribution in [3.8, 4) is 5.69 Å². The molecule has 236 valence electrons. The summed E-state index contributed by atoms with van der Waals surface area (Å²) in [6, 6.07) is 26.0. The highest BCUT2D eigenvalue weighted by Gasteiger charge is 2.24. The molecule has 1 aliphatic heterocycles. The third-order valence-corrected chi connectivity index (χ3v) is 8.35. The van der Waals surface area contributed by atoms with Crippen molar-refractivity contribution in [2.75, 3.05) is 36.0 Å². The van der Waals surface area contributed by atoms with Crippen LogP contribution < -0.4 is 15.2 Å². The molecule has 7 rings (SSSR count). The van der Waals surface area contributed by atoms with Crippen LogP contribution in [0.15, 0.2) is 114 Å². The van der Waals surface area contributed by atoms with E-state index in [4.69, 9.17) is 4.74 Å². The number of piperazine rings is 1. The first-order valence-corrected chi connectivity index (χ1v) is 15.2. The van der Waals surface area contributed by atoms with Gasteiger partial charge in [0.25, 0.3) is 0 Å². The molecular weight excluding hydrogens is 602 g/mol. The quantitative estimate of drug-likeness (QED) is 0.202. The summed E-state index contributed by atoms with van der Waals surface area (Å²) >= 11 is 0. The van der Waals surface area contributed by atoms with Gasteiger partial charge in [-0.25, -0.2) is 18.3 Å². The topological polar surface area (TPSA) is 85.5 Å². The maximum atomic E-state index is 15.8. The van der Waals surface area contributed by atoms with E-state index in [1.807, 2.05) is 59.5 Å². The van der Waals surface area contributed by atoms with Crippen molar-refractivity contribution in [3.63, 3.8) is 0 Å². The molecule has 0 atom stereocenters. The monoisotopic (exact) mass is 632 g/mol. The van der Waals surface area contributed by atoms with Crippen LogP contribution in [0.1, 0.15) is 21.5 Å². The van der Waals surface area contributed by atoms with Crippen LogP contribution in [-0.4, -0.2) is 51.7 Å². The van der Waals surface area contributed by atoms with Gasteiger partial charge in [-0.3, -0.25) is 4.79 Å². The summed E-state index contributed by atoms with van der Waals surface area (Å²) < 4.78 is 38.2. The Bertz CT molecular complexity index is 2080. The standard InChI is InChI=1S/C36H30F2N6O3/c37-27-8-12-28(13-9-27)41-16-18-42(19-17-41)34-21-33-30(20-32(34)38)35(45)31(36(46)47-24-26-4-2-1-3-5-26)23-44(33)29-10-6-25(7-11-29)22-43-15-14-39-40-43/h1-15,20-21,23H,16-19,22,24H2. The molecule has 1 saturated heterocycles. The maximum absolute atomic E-state index is 15.8. The maximum Gasteiger partial charge on any atom is 0.344 e. The lowest BCUT2D eigenvalue weighted by molar-refractivity contribution is 0.0470. The second kappa shape index (κ2) is 12.9. The van der Waals surface area contributed by atoms with Gasteiger partial charge < -0.3 is 19.1 Å². The summed E-state index contributed by atoms with van der Waals surface area (Å²) in [6.45, 7) is 2.76. The van der Waals surface area contributed by atoms with E-state index in [-0.39, 0.29) is 23.4 Å². The smallest absolute Gasteiger partial charge is 0.344 e. The predicted octanol–water partition coefficient (Wildman–Crippen LogP) is 5.59. The number of halogens is 2. The van der Waals surface area contributed by atoms with Gasteiger partial charge in [-0.1, -0.05) is 47.7 Å². The van der Waals surface area contributed by atoms with Crippen molar-refractivity contribution in [1.29, 1.82) is 0 Å². The van der Waals surface area contributed by atoms with Gasteiger partial charge in [-0.05, 0) is 59.7 Å².